The SMILES string of the molecule is CC(C)c1ccc(OCC(=O)NCc2ccc(C(=O)c3cccs3)s2)cc1. The maximum atomic E-state index is 12.3. The Labute approximate surface area is 166 Å². The molecule has 0 bridgehead atoms. The molecule has 6 heteroatoms. The van der Waals surface area contributed by atoms with Crippen LogP contribution in [0.15, 0.2) is 53.9 Å². The second-order valence-corrected chi connectivity index (χ2v) is 8.48. The lowest BCUT2D eigenvalue weighted by molar-refractivity contribution is -0.123. The molecule has 0 unspecified atom stereocenters. The minimum absolute atomic E-state index is 0.0285. The normalized spacial score (nSPS) is 10.8. The van der Waals surface area contributed by atoms with E-state index < -0.39 is 0 Å². The van der Waals surface area contributed by atoms with Gasteiger partial charge in [-0.05, 0) is 47.2 Å². The van der Waals surface area contributed by atoms with Crippen LogP contribution in [0.1, 0.15) is 44.8 Å². The van der Waals surface area contributed by atoms with Crippen LogP contribution in [-0.4, -0.2) is 18.3 Å². The van der Waals surface area contributed by atoms with Crippen LogP contribution in [-0.2, 0) is 11.3 Å². The van der Waals surface area contributed by atoms with Gasteiger partial charge in [0.05, 0.1) is 16.3 Å². The van der Waals surface area contributed by atoms with Crippen molar-refractivity contribution < 1.29 is 14.3 Å². The Kier molecular flexibility index (Phi) is 6.42. The number of carbonyl (C=O) groups excluding carboxylic acids is 2. The Hall–Kier alpha value is -2.44. The topological polar surface area (TPSA) is 55.4 Å². The number of rotatable bonds is 8. The van der Waals surface area contributed by atoms with E-state index in [9.17, 15) is 9.59 Å². The monoisotopic (exact) mass is 399 g/mol. The third-order valence-corrected chi connectivity index (χ3v) is 5.96. The summed E-state index contributed by atoms with van der Waals surface area (Å²) < 4.78 is 5.52. The summed E-state index contributed by atoms with van der Waals surface area (Å²) in [5.74, 6) is 0.975. The van der Waals surface area contributed by atoms with Crippen LogP contribution in [0.5, 0.6) is 5.75 Å². The summed E-state index contributed by atoms with van der Waals surface area (Å²) in [5, 5.41) is 4.71. The molecule has 1 N–H and O–H groups in total. The number of amides is 1. The zero-order valence-electron chi connectivity index (χ0n) is 15.2. The van der Waals surface area contributed by atoms with E-state index >= 15 is 0 Å². The molecule has 0 saturated carbocycles. The highest BCUT2D eigenvalue weighted by molar-refractivity contribution is 7.16. The first-order valence-corrected chi connectivity index (χ1v) is 10.4. The predicted octanol–water partition coefficient (Wildman–Crippen LogP) is 4.86. The van der Waals surface area contributed by atoms with Crippen LogP contribution in [0.2, 0.25) is 0 Å². The highest BCUT2D eigenvalue weighted by atomic mass is 32.1. The molecule has 2 heterocycles. The minimum atomic E-state index is -0.192. The minimum Gasteiger partial charge on any atom is -0.484 e. The first kappa shape index (κ1) is 19.3. The fourth-order valence-corrected chi connectivity index (χ4v) is 4.10. The van der Waals surface area contributed by atoms with Gasteiger partial charge < -0.3 is 10.1 Å². The summed E-state index contributed by atoms with van der Waals surface area (Å²) in [6, 6.07) is 15.1. The van der Waals surface area contributed by atoms with E-state index in [4.69, 9.17) is 4.74 Å². The molecule has 0 spiro atoms. The van der Waals surface area contributed by atoms with Gasteiger partial charge in [-0.1, -0.05) is 32.0 Å². The Balaban J connectivity index is 1.46. The van der Waals surface area contributed by atoms with E-state index in [0.29, 0.717) is 23.1 Å². The molecule has 0 saturated heterocycles. The summed E-state index contributed by atoms with van der Waals surface area (Å²) >= 11 is 2.83. The fourth-order valence-electron chi connectivity index (χ4n) is 2.46. The summed E-state index contributed by atoms with van der Waals surface area (Å²) in [6.07, 6.45) is 0. The molecule has 27 heavy (non-hydrogen) atoms. The van der Waals surface area contributed by atoms with Crippen LogP contribution in [0.3, 0.4) is 0 Å². The van der Waals surface area contributed by atoms with Crippen molar-refractivity contribution in [3.8, 4) is 5.75 Å². The molecule has 0 aliphatic heterocycles. The van der Waals surface area contributed by atoms with E-state index in [1.807, 2.05) is 47.8 Å². The average molecular weight is 400 g/mol. The Morgan fingerprint density at radius 1 is 1.04 bits per heavy atom. The smallest absolute Gasteiger partial charge is 0.258 e. The molecule has 0 aliphatic rings. The summed E-state index contributed by atoms with van der Waals surface area (Å²) in [7, 11) is 0. The van der Waals surface area contributed by atoms with Crippen LogP contribution in [0.25, 0.3) is 0 Å². The van der Waals surface area contributed by atoms with Crippen molar-refractivity contribution >= 4 is 34.4 Å². The number of hydrogen-bond donors (Lipinski definition) is 1. The molecule has 0 atom stereocenters. The third kappa shape index (κ3) is 5.28. The standard InChI is InChI=1S/C21H21NO3S2/c1-14(2)15-5-7-16(8-6-15)25-13-20(23)22-12-17-9-10-19(27-17)21(24)18-4-3-11-26-18/h3-11,14H,12-13H2,1-2H3,(H,22,23). The number of hydrogen-bond acceptors (Lipinski definition) is 5. The Morgan fingerprint density at radius 2 is 1.81 bits per heavy atom. The van der Waals surface area contributed by atoms with Gasteiger partial charge in [0.2, 0.25) is 5.78 Å². The molecular formula is C21H21NO3S2. The van der Waals surface area contributed by atoms with Gasteiger partial charge in [-0.15, -0.1) is 22.7 Å². The maximum absolute atomic E-state index is 12.3. The molecule has 2 aromatic heterocycles. The molecule has 1 aromatic carbocycles. The van der Waals surface area contributed by atoms with E-state index in [1.54, 1.807) is 6.07 Å². The molecule has 140 valence electrons. The first-order chi connectivity index (χ1) is 13.0. The van der Waals surface area contributed by atoms with Gasteiger partial charge in [-0.25, -0.2) is 0 Å². The van der Waals surface area contributed by atoms with E-state index in [-0.39, 0.29) is 18.3 Å². The van der Waals surface area contributed by atoms with E-state index in [1.165, 1.54) is 28.2 Å². The van der Waals surface area contributed by atoms with Crippen molar-refractivity contribution in [1.29, 1.82) is 0 Å². The van der Waals surface area contributed by atoms with Crippen LogP contribution in [0, 0.1) is 0 Å². The molecule has 1 amide bonds. The number of nitrogens with one attached hydrogen (secondary N) is 1. The van der Waals surface area contributed by atoms with Gasteiger partial charge in [0, 0.05) is 4.88 Å². The Bertz CT molecular complexity index is 896. The lowest BCUT2D eigenvalue weighted by Crippen LogP contribution is -2.28. The largest absolute Gasteiger partial charge is 0.484 e. The van der Waals surface area contributed by atoms with Crippen molar-refractivity contribution in [1.82, 2.24) is 5.32 Å². The first-order valence-electron chi connectivity index (χ1n) is 8.69. The zero-order chi connectivity index (χ0) is 19.2. The number of ketones is 1. The summed E-state index contributed by atoms with van der Waals surface area (Å²) in [5.41, 5.74) is 1.23. The zero-order valence-corrected chi connectivity index (χ0v) is 16.9. The van der Waals surface area contributed by atoms with Gasteiger partial charge in [-0.3, -0.25) is 9.59 Å². The number of benzene rings is 1. The quantitative estimate of drug-likeness (QED) is 0.551. The fraction of sp³-hybridized carbons (Fsp3) is 0.238. The van der Waals surface area contributed by atoms with Crippen molar-refractivity contribution in [3.05, 3.63) is 74.1 Å². The lowest BCUT2D eigenvalue weighted by atomic mass is 10.0. The van der Waals surface area contributed by atoms with Gasteiger partial charge in [0.25, 0.3) is 5.91 Å². The molecule has 0 radical (unpaired) electrons. The molecule has 0 aliphatic carbocycles. The van der Waals surface area contributed by atoms with E-state index in [0.717, 1.165) is 9.75 Å². The highest BCUT2D eigenvalue weighted by Gasteiger charge is 2.13. The molecule has 3 rings (SSSR count). The maximum Gasteiger partial charge on any atom is 0.258 e. The van der Waals surface area contributed by atoms with Gasteiger partial charge in [-0.2, -0.15) is 0 Å². The van der Waals surface area contributed by atoms with E-state index in [2.05, 4.69) is 19.2 Å². The highest BCUT2D eigenvalue weighted by Crippen LogP contribution is 2.22. The van der Waals surface area contributed by atoms with Gasteiger partial charge in [0.15, 0.2) is 6.61 Å². The Morgan fingerprint density at radius 3 is 2.48 bits per heavy atom. The molecule has 0 fully saturated rings. The van der Waals surface area contributed by atoms with Gasteiger partial charge >= 0.3 is 0 Å². The molecule has 4 nitrogen and oxygen atoms in total. The van der Waals surface area contributed by atoms with Crippen molar-refractivity contribution in [2.24, 2.45) is 0 Å². The second-order valence-electron chi connectivity index (χ2n) is 6.36. The van der Waals surface area contributed by atoms with Crippen molar-refractivity contribution in [2.75, 3.05) is 6.61 Å². The van der Waals surface area contributed by atoms with Gasteiger partial charge in [0.1, 0.15) is 5.75 Å². The lowest BCUT2D eigenvalue weighted by Gasteiger charge is -2.09. The summed E-state index contributed by atoms with van der Waals surface area (Å²) in [6.45, 7) is 4.62. The van der Waals surface area contributed by atoms with Crippen LogP contribution in [0.4, 0.5) is 0 Å². The second kappa shape index (κ2) is 8.97. The number of thiophene rings is 2. The molecular weight excluding hydrogens is 378 g/mol. The van der Waals surface area contributed by atoms with Crippen molar-refractivity contribution in [2.45, 2.75) is 26.3 Å². The summed E-state index contributed by atoms with van der Waals surface area (Å²) in [4.78, 5) is 26.6. The van der Waals surface area contributed by atoms with Crippen LogP contribution >= 0.6 is 22.7 Å². The van der Waals surface area contributed by atoms with Crippen molar-refractivity contribution in [3.63, 3.8) is 0 Å². The number of ether oxygens (including phenoxy) is 1. The number of carbonyl (C=O) groups is 2. The van der Waals surface area contributed by atoms with Crippen LogP contribution < -0.4 is 10.1 Å². The molecule has 3 aromatic rings. The average Bonchev–Trinajstić information content (AvgIpc) is 3.36. The third-order valence-electron chi connectivity index (χ3n) is 4.01. The predicted molar refractivity (Wildman–Crippen MR) is 110 cm³/mol.